The van der Waals surface area contributed by atoms with E-state index in [1.807, 2.05) is 6.07 Å². The van der Waals surface area contributed by atoms with Crippen molar-refractivity contribution in [2.45, 2.75) is 46.1 Å². The highest BCUT2D eigenvalue weighted by Crippen LogP contribution is 2.23. The molecule has 4 heteroatoms. The summed E-state index contributed by atoms with van der Waals surface area (Å²) < 4.78 is 0.768. The highest BCUT2D eigenvalue weighted by Gasteiger charge is 2.19. The van der Waals surface area contributed by atoms with Crippen molar-refractivity contribution in [2.24, 2.45) is 5.92 Å². The van der Waals surface area contributed by atoms with Gasteiger partial charge in [0.15, 0.2) is 0 Å². The van der Waals surface area contributed by atoms with E-state index in [0.29, 0.717) is 5.92 Å². The Kier molecular flexibility index (Phi) is 4.75. The maximum absolute atomic E-state index is 5.52. The quantitative estimate of drug-likeness (QED) is 0.684. The van der Waals surface area contributed by atoms with Crippen LogP contribution in [-0.4, -0.2) is 16.0 Å². The fourth-order valence-corrected chi connectivity index (χ4v) is 1.77. The van der Waals surface area contributed by atoms with Crippen molar-refractivity contribution in [2.75, 3.05) is 5.32 Å². The van der Waals surface area contributed by atoms with Crippen molar-refractivity contribution in [3.05, 3.63) is 16.5 Å². The average Bonchev–Trinajstić information content (AvgIpc) is 2.23. The third-order valence-electron chi connectivity index (χ3n) is 2.52. The molecule has 0 aliphatic carbocycles. The molecule has 1 unspecified atom stereocenters. The van der Waals surface area contributed by atoms with E-state index in [1.54, 1.807) is 0 Å². The summed E-state index contributed by atoms with van der Waals surface area (Å²) in [7, 11) is 0. The predicted octanol–water partition coefficient (Wildman–Crippen LogP) is 3.61. The molecule has 0 saturated heterocycles. The Morgan fingerprint density at radius 3 is 2.39 bits per heavy atom. The summed E-state index contributed by atoms with van der Waals surface area (Å²) in [5.41, 5.74) is -0.0936. The zero-order chi connectivity index (χ0) is 13.9. The van der Waals surface area contributed by atoms with Gasteiger partial charge in [0.2, 0.25) is 0 Å². The molecule has 1 N–H and O–H groups in total. The Morgan fingerprint density at radius 2 is 1.94 bits per heavy atom. The number of anilines is 1. The predicted molar refractivity (Wildman–Crippen MR) is 79.5 cm³/mol. The van der Waals surface area contributed by atoms with Gasteiger partial charge >= 0.3 is 0 Å². The first-order valence-electron chi connectivity index (χ1n) is 6.01. The largest absolute Gasteiger partial charge is 0.356 e. The summed E-state index contributed by atoms with van der Waals surface area (Å²) >= 11 is 3.41. The van der Waals surface area contributed by atoms with Gasteiger partial charge in [-0.05, 0) is 21.8 Å². The summed E-state index contributed by atoms with van der Waals surface area (Å²) in [5, 5.41) is 3.26. The van der Waals surface area contributed by atoms with Crippen LogP contribution in [0.3, 0.4) is 0 Å². The lowest BCUT2D eigenvalue weighted by molar-refractivity contribution is 0.542. The number of aromatic nitrogens is 2. The molecule has 0 bridgehead atoms. The van der Waals surface area contributed by atoms with Crippen LogP contribution in [0.1, 0.15) is 40.4 Å². The first-order valence-corrected chi connectivity index (χ1v) is 6.81. The van der Waals surface area contributed by atoms with Crippen LogP contribution in [0.5, 0.6) is 0 Å². The summed E-state index contributed by atoms with van der Waals surface area (Å²) in [6.07, 6.45) is 5.52. The molecule has 0 saturated carbocycles. The molecule has 1 rings (SSSR count). The minimum atomic E-state index is -0.0936. The Bertz CT molecular complexity index is 455. The highest BCUT2D eigenvalue weighted by molar-refractivity contribution is 9.10. The second-order valence-electron chi connectivity index (χ2n) is 5.68. The van der Waals surface area contributed by atoms with Gasteiger partial charge in [0.1, 0.15) is 16.2 Å². The van der Waals surface area contributed by atoms with E-state index in [0.717, 1.165) is 16.2 Å². The minimum absolute atomic E-state index is 0.0281. The fourth-order valence-electron chi connectivity index (χ4n) is 1.39. The minimum Gasteiger partial charge on any atom is -0.356 e. The molecular formula is C14H20BrN3. The zero-order valence-electron chi connectivity index (χ0n) is 11.6. The number of rotatable bonds is 3. The van der Waals surface area contributed by atoms with Gasteiger partial charge in [-0.25, -0.2) is 9.97 Å². The van der Waals surface area contributed by atoms with E-state index in [-0.39, 0.29) is 11.5 Å². The highest BCUT2D eigenvalue weighted by atomic mass is 79.9. The lowest BCUT2D eigenvalue weighted by Gasteiger charge is -2.21. The van der Waals surface area contributed by atoms with Crippen LogP contribution in [0, 0.1) is 18.3 Å². The van der Waals surface area contributed by atoms with E-state index in [1.165, 1.54) is 0 Å². The van der Waals surface area contributed by atoms with Crippen molar-refractivity contribution in [3.63, 3.8) is 0 Å². The lowest BCUT2D eigenvalue weighted by Crippen LogP contribution is -2.25. The normalized spacial score (nSPS) is 13.2. The number of nitrogens with zero attached hydrogens (tertiary/aromatic N) is 2. The SMILES string of the molecule is C#CC(Nc1cc(Br)nc(C(C)(C)C)n1)C(C)C. The molecular weight excluding hydrogens is 290 g/mol. The molecule has 1 aromatic rings. The van der Waals surface area contributed by atoms with Gasteiger partial charge in [-0.3, -0.25) is 0 Å². The molecule has 98 valence electrons. The molecule has 0 fully saturated rings. The molecule has 0 radical (unpaired) electrons. The Morgan fingerprint density at radius 1 is 1.33 bits per heavy atom. The van der Waals surface area contributed by atoms with Gasteiger partial charge in [-0.15, -0.1) is 6.42 Å². The van der Waals surface area contributed by atoms with Gasteiger partial charge in [0.05, 0.1) is 6.04 Å². The topological polar surface area (TPSA) is 37.8 Å². The maximum Gasteiger partial charge on any atom is 0.137 e. The zero-order valence-corrected chi connectivity index (χ0v) is 13.2. The van der Waals surface area contributed by atoms with E-state index in [2.05, 4.69) is 71.8 Å². The fraction of sp³-hybridized carbons (Fsp3) is 0.571. The first-order chi connectivity index (χ1) is 8.24. The smallest absolute Gasteiger partial charge is 0.137 e. The first kappa shape index (κ1) is 15.0. The standard InChI is InChI=1S/C14H20BrN3/c1-7-10(9(2)3)16-12-8-11(15)17-13(18-12)14(4,5)6/h1,8-10H,2-6H3,(H,16,17,18). The maximum atomic E-state index is 5.52. The van der Waals surface area contributed by atoms with E-state index >= 15 is 0 Å². The number of hydrogen-bond acceptors (Lipinski definition) is 3. The van der Waals surface area contributed by atoms with Crippen molar-refractivity contribution in [3.8, 4) is 12.3 Å². The molecule has 0 amide bonds. The van der Waals surface area contributed by atoms with Crippen molar-refractivity contribution in [1.82, 2.24) is 9.97 Å². The van der Waals surface area contributed by atoms with Crippen molar-refractivity contribution >= 4 is 21.7 Å². The summed E-state index contributed by atoms with van der Waals surface area (Å²) in [4.78, 5) is 8.92. The molecule has 18 heavy (non-hydrogen) atoms. The van der Waals surface area contributed by atoms with Gasteiger partial charge in [0, 0.05) is 11.5 Å². The Balaban J connectivity index is 3.04. The van der Waals surface area contributed by atoms with Crippen LogP contribution in [0.15, 0.2) is 10.7 Å². The third-order valence-corrected chi connectivity index (χ3v) is 2.92. The van der Waals surface area contributed by atoms with Gasteiger partial charge in [0.25, 0.3) is 0 Å². The van der Waals surface area contributed by atoms with Crippen LogP contribution in [0.2, 0.25) is 0 Å². The van der Waals surface area contributed by atoms with Crippen molar-refractivity contribution in [1.29, 1.82) is 0 Å². The third kappa shape index (κ3) is 3.99. The second-order valence-corrected chi connectivity index (χ2v) is 6.49. The Hall–Kier alpha value is -1.08. The molecule has 0 spiro atoms. The number of terminal acetylenes is 1. The monoisotopic (exact) mass is 309 g/mol. The summed E-state index contributed by atoms with van der Waals surface area (Å²) in [6, 6.07) is 1.82. The number of halogens is 1. The van der Waals surface area contributed by atoms with Gasteiger partial charge < -0.3 is 5.32 Å². The van der Waals surface area contributed by atoms with E-state index in [4.69, 9.17) is 6.42 Å². The molecule has 0 aliphatic heterocycles. The molecule has 0 aromatic carbocycles. The average molecular weight is 310 g/mol. The molecule has 1 atom stereocenters. The van der Waals surface area contributed by atoms with Crippen LogP contribution < -0.4 is 5.32 Å². The summed E-state index contributed by atoms with van der Waals surface area (Å²) in [5.74, 6) is 4.64. The van der Waals surface area contributed by atoms with Crippen LogP contribution in [0.4, 0.5) is 5.82 Å². The van der Waals surface area contributed by atoms with Crippen molar-refractivity contribution < 1.29 is 0 Å². The number of hydrogen-bond donors (Lipinski definition) is 1. The Labute approximate surface area is 118 Å². The van der Waals surface area contributed by atoms with E-state index < -0.39 is 0 Å². The molecule has 0 aliphatic rings. The summed E-state index contributed by atoms with van der Waals surface area (Å²) in [6.45, 7) is 10.4. The number of nitrogens with one attached hydrogen (secondary N) is 1. The van der Waals surface area contributed by atoms with Gasteiger partial charge in [-0.2, -0.15) is 0 Å². The lowest BCUT2D eigenvalue weighted by atomic mass is 9.96. The molecule has 3 nitrogen and oxygen atoms in total. The molecule has 1 heterocycles. The van der Waals surface area contributed by atoms with E-state index in [9.17, 15) is 0 Å². The second kappa shape index (κ2) is 5.71. The van der Waals surface area contributed by atoms with Crippen LogP contribution in [0.25, 0.3) is 0 Å². The van der Waals surface area contributed by atoms with Crippen LogP contribution in [-0.2, 0) is 5.41 Å². The van der Waals surface area contributed by atoms with Crippen LogP contribution >= 0.6 is 15.9 Å². The van der Waals surface area contributed by atoms with Gasteiger partial charge in [-0.1, -0.05) is 40.5 Å². The molecule has 1 aromatic heterocycles.